The summed E-state index contributed by atoms with van der Waals surface area (Å²) >= 11 is 0. The van der Waals surface area contributed by atoms with Crippen LogP contribution in [0.4, 0.5) is 0 Å². The van der Waals surface area contributed by atoms with Crippen LogP contribution < -0.4 is 4.74 Å². The third-order valence-electron chi connectivity index (χ3n) is 21.3. The summed E-state index contributed by atoms with van der Waals surface area (Å²) in [5.41, 5.74) is -4.22. The number of benzene rings is 2. The number of aliphatic hydroxyl groups excluding tert-OH is 2. The highest BCUT2D eigenvalue weighted by Gasteiger charge is 2.90. The van der Waals surface area contributed by atoms with Gasteiger partial charge in [0, 0.05) is 48.3 Å². The second-order valence-electron chi connectivity index (χ2n) is 25.5. The van der Waals surface area contributed by atoms with Gasteiger partial charge in [-0.05, 0) is 129 Å². The molecule has 17 heteroatoms. The molecule has 4 saturated heterocycles. The van der Waals surface area contributed by atoms with E-state index in [4.69, 9.17) is 33.2 Å². The van der Waals surface area contributed by atoms with Crippen molar-refractivity contribution in [2.45, 2.75) is 148 Å². The molecule has 12 aliphatic rings. The van der Waals surface area contributed by atoms with Gasteiger partial charge in [-0.15, -0.1) is 0 Å². The molecule has 0 aromatic heterocycles. The highest BCUT2D eigenvalue weighted by atomic mass is 16.7. The first-order valence-corrected chi connectivity index (χ1v) is 27.2. The number of carbonyl (C=O) groups excluding carboxylic acids is 6. The van der Waals surface area contributed by atoms with Crippen molar-refractivity contribution in [2.24, 2.45) is 68.0 Å². The van der Waals surface area contributed by atoms with E-state index >= 15 is 0 Å². The van der Waals surface area contributed by atoms with Gasteiger partial charge < -0.3 is 53.6 Å². The van der Waals surface area contributed by atoms with E-state index in [-0.39, 0.29) is 29.9 Å². The van der Waals surface area contributed by atoms with Gasteiger partial charge in [0.25, 0.3) is 0 Å². The zero-order chi connectivity index (χ0) is 55.5. The summed E-state index contributed by atoms with van der Waals surface area (Å²) < 4.78 is 41.6. The lowest BCUT2D eigenvalue weighted by Crippen LogP contribution is -2.86. The highest BCUT2D eigenvalue weighted by molar-refractivity contribution is 6.06. The standard InChI is InChI=1S/C30H36O9.C30H36O8/c1-15-19-10-11-20-28-14-37-30(35,24(33)22(28)27(3,4)13-12-21(28)38-16(2)31)29(20,23(15)32)25(19)39-26(34)17-6-8-18(36-5)9-7-17;1-15-6-8-18(9-7-15)26(34)38-25-19-10-11-20-28-14-36-30(35,29(20,25)23(32)16(19)2)24(33)22(28)27(4,5)13-12-21(28)37-17(3)31/h6-9,19-22,24-25,33,35H,1,10-14H2,2-5H3;6-9,19-22,24-25,33,35H,2,10-14H2,1,3-5H3/t2*19-,20-,21?,22+,24-,25+,28+,29-,30-/m00/s1. The molecule has 17 nitrogen and oxygen atoms in total. The number of carbonyl (C=O) groups is 6. The van der Waals surface area contributed by atoms with Crippen molar-refractivity contribution in [3.05, 3.63) is 89.5 Å². The Kier molecular flexibility index (Phi) is 12.3. The van der Waals surface area contributed by atoms with Gasteiger partial charge in [0.05, 0.1) is 31.5 Å². The summed E-state index contributed by atoms with van der Waals surface area (Å²) in [6, 6.07) is 13.3. The molecule has 14 rings (SSSR count). The molecule has 2 aromatic carbocycles. The number of esters is 4. The predicted octanol–water partition coefficient (Wildman–Crippen LogP) is 5.94. The van der Waals surface area contributed by atoms with E-state index in [2.05, 4.69) is 13.2 Å². The quantitative estimate of drug-likeness (QED) is 0.142. The first-order chi connectivity index (χ1) is 36.2. The molecule has 12 fully saturated rings. The number of Topliss-reactive ketones (excluding diaryl/α,β-unsaturated/α-hetero) is 2. The maximum absolute atomic E-state index is 14.3. The fourth-order valence-electron chi connectivity index (χ4n) is 18.6. The lowest BCUT2D eigenvalue weighted by atomic mass is 9.35. The molecule has 8 saturated carbocycles. The Balaban J connectivity index is 0.000000164. The lowest BCUT2D eigenvalue weighted by Gasteiger charge is -2.74. The summed E-state index contributed by atoms with van der Waals surface area (Å²) in [6.45, 7) is 20.9. The number of methoxy groups -OCH3 is 1. The van der Waals surface area contributed by atoms with Crippen molar-refractivity contribution in [1.29, 1.82) is 0 Å². The molecule has 0 radical (unpaired) electrons. The van der Waals surface area contributed by atoms with Crippen molar-refractivity contribution >= 4 is 35.4 Å². The van der Waals surface area contributed by atoms with E-state index in [1.54, 1.807) is 48.5 Å². The van der Waals surface area contributed by atoms with Crippen molar-refractivity contribution in [3.8, 4) is 5.75 Å². The van der Waals surface area contributed by atoms with Crippen molar-refractivity contribution < 1.29 is 82.4 Å². The molecule has 414 valence electrons. The van der Waals surface area contributed by atoms with Gasteiger partial charge in [-0.1, -0.05) is 58.5 Å². The minimum absolute atomic E-state index is 0.0165. The number of fused-ring (bicyclic) bond motifs is 4. The van der Waals surface area contributed by atoms with E-state index in [1.807, 2.05) is 34.6 Å². The van der Waals surface area contributed by atoms with E-state index in [1.165, 1.54) is 21.0 Å². The first kappa shape index (κ1) is 53.7. The topological polar surface area (TPSA) is 248 Å². The number of aliphatic hydroxyl groups is 4. The maximum Gasteiger partial charge on any atom is 0.338 e. The summed E-state index contributed by atoms with van der Waals surface area (Å²) in [5, 5.41) is 48.6. The van der Waals surface area contributed by atoms with Crippen LogP contribution in [0.2, 0.25) is 0 Å². The van der Waals surface area contributed by atoms with Crippen LogP contribution in [-0.4, -0.2) is 124 Å². The molecule has 2 aromatic rings. The Labute approximate surface area is 448 Å². The van der Waals surface area contributed by atoms with E-state index in [9.17, 15) is 49.2 Å². The third-order valence-corrected chi connectivity index (χ3v) is 21.3. The van der Waals surface area contributed by atoms with Crippen molar-refractivity contribution in [1.82, 2.24) is 0 Å². The molecule has 0 amide bonds. The van der Waals surface area contributed by atoms with Crippen LogP contribution in [0.1, 0.15) is 119 Å². The molecule has 18 atom stereocenters. The number of ether oxygens (including phenoxy) is 7. The van der Waals surface area contributed by atoms with Crippen LogP contribution in [0.25, 0.3) is 0 Å². The Morgan fingerprint density at radius 2 is 0.961 bits per heavy atom. The fraction of sp³-hybridized carbons (Fsp3) is 0.633. The van der Waals surface area contributed by atoms with Crippen LogP contribution in [0.15, 0.2) is 72.8 Å². The van der Waals surface area contributed by atoms with E-state index < -0.39 is 152 Å². The van der Waals surface area contributed by atoms with Crippen LogP contribution >= 0.6 is 0 Å². The second kappa shape index (κ2) is 17.6. The molecule has 4 N–H and O–H groups in total. The van der Waals surface area contributed by atoms with Crippen LogP contribution in [-0.2, 0) is 47.6 Å². The fourth-order valence-corrected chi connectivity index (χ4v) is 18.6. The molecular weight excluding hydrogens is 993 g/mol. The molecule has 4 aliphatic heterocycles. The zero-order valence-electron chi connectivity index (χ0n) is 45.1. The minimum Gasteiger partial charge on any atom is -0.497 e. The third kappa shape index (κ3) is 6.73. The molecule has 8 aliphatic carbocycles. The van der Waals surface area contributed by atoms with Gasteiger partial charge in [0.2, 0.25) is 11.6 Å². The lowest BCUT2D eigenvalue weighted by molar-refractivity contribution is -0.457. The molecule has 4 spiro atoms. The van der Waals surface area contributed by atoms with Crippen molar-refractivity contribution in [2.75, 3.05) is 20.3 Å². The minimum atomic E-state index is -2.31. The average Bonchev–Trinajstić information content (AvgIpc) is 3.87. The normalized spacial score (nSPS) is 43.8. The number of aryl methyl sites for hydroxylation is 1. The second-order valence-corrected chi connectivity index (χ2v) is 25.5. The molecule has 4 heterocycles. The highest BCUT2D eigenvalue weighted by Crippen LogP contribution is 2.79. The summed E-state index contributed by atoms with van der Waals surface area (Å²) in [5.74, 6) is -10.3. The van der Waals surface area contributed by atoms with Crippen LogP contribution in [0, 0.1) is 74.9 Å². The van der Waals surface area contributed by atoms with Gasteiger partial charge in [-0.2, -0.15) is 0 Å². The van der Waals surface area contributed by atoms with E-state index in [0.29, 0.717) is 62.7 Å². The van der Waals surface area contributed by atoms with Crippen LogP contribution in [0.5, 0.6) is 5.75 Å². The van der Waals surface area contributed by atoms with Crippen LogP contribution in [0.3, 0.4) is 0 Å². The number of hydrogen-bond donors (Lipinski definition) is 4. The van der Waals surface area contributed by atoms with Gasteiger partial charge in [-0.25, -0.2) is 9.59 Å². The van der Waals surface area contributed by atoms with Gasteiger partial charge >= 0.3 is 23.9 Å². The predicted molar refractivity (Wildman–Crippen MR) is 271 cm³/mol. The zero-order valence-corrected chi connectivity index (χ0v) is 45.1. The number of ketones is 2. The largest absolute Gasteiger partial charge is 0.497 e. The number of rotatable bonds is 7. The van der Waals surface area contributed by atoms with Gasteiger partial charge in [-0.3, -0.25) is 19.2 Å². The maximum atomic E-state index is 14.3. The summed E-state index contributed by atoms with van der Waals surface area (Å²) in [6.07, 6.45) is -1.92. The molecule has 8 bridgehead atoms. The summed E-state index contributed by atoms with van der Waals surface area (Å²) in [4.78, 5) is 79.9. The Morgan fingerprint density at radius 1 is 0.584 bits per heavy atom. The van der Waals surface area contributed by atoms with Crippen molar-refractivity contribution in [3.63, 3.8) is 0 Å². The Bertz CT molecular complexity index is 2870. The van der Waals surface area contributed by atoms with Gasteiger partial charge in [0.15, 0.2) is 11.6 Å². The summed E-state index contributed by atoms with van der Waals surface area (Å²) in [7, 11) is 1.52. The van der Waals surface area contributed by atoms with Gasteiger partial charge in [0.1, 0.15) is 53.2 Å². The van der Waals surface area contributed by atoms with E-state index in [0.717, 1.165) is 5.56 Å². The molecular formula is C60H72O17. The number of hydrogen-bond acceptors (Lipinski definition) is 17. The molecule has 2 unspecified atom stereocenters. The monoisotopic (exact) mass is 1060 g/mol. The average molecular weight is 1070 g/mol. The first-order valence-electron chi connectivity index (χ1n) is 27.2. The smallest absolute Gasteiger partial charge is 0.338 e. The Hall–Kier alpha value is -5.30. The SMILES string of the molecule is C=C1C(=O)[C@]23[C@H](OC(=O)c4ccc(C)cc4)[C@H]1CC[C@H]2[C@@]12CO[C@@]3(O)[C@@H](O)[C@@H]1C(C)(C)CCC2OC(C)=O.C=C1C(=O)[C@]23[C@H](OC(=O)c4ccc(OC)cc4)[C@H]1CC[C@H]2[C@@]12CO[C@@]3(O)[C@@H](O)[C@@H]1C(C)(C)CCC2OC(C)=O. The molecule has 77 heavy (non-hydrogen) atoms. The Morgan fingerprint density at radius 3 is 1.32 bits per heavy atom.